The van der Waals surface area contributed by atoms with E-state index in [-0.39, 0.29) is 23.4 Å². The van der Waals surface area contributed by atoms with Crippen molar-refractivity contribution in [3.8, 4) is 5.75 Å². The van der Waals surface area contributed by atoms with Gasteiger partial charge in [-0.1, -0.05) is 23.7 Å². The summed E-state index contributed by atoms with van der Waals surface area (Å²) in [6.07, 6.45) is 1.48. The number of hydrogen-bond acceptors (Lipinski definition) is 3. The molecule has 3 rings (SSSR count). The molecule has 2 aromatic carbocycles. The molecule has 0 aromatic heterocycles. The second kappa shape index (κ2) is 8.19. The van der Waals surface area contributed by atoms with Gasteiger partial charge in [-0.25, -0.2) is 4.39 Å². The minimum Gasteiger partial charge on any atom is -0.484 e. The van der Waals surface area contributed by atoms with Crippen molar-refractivity contribution in [1.82, 2.24) is 5.32 Å². The van der Waals surface area contributed by atoms with E-state index in [0.717, 1.165) is 24.2 Å². The number of rotatable bonds is 6. The van der Waals surface area contributed by atoms with Crippen LogP contribution in [0.1, 0.15) is 18.4 Å². The average molecular weight is 377 g/mol. The van der Waals surface area contributed by atoms with Crippen molar-refractivity contribution in [3.05, 3.63) is 58.9 Å². The lowest BCUT2D eigenvalue weighted by molar-refractivity contribution is -0.123. The highest BCUT2D eigenvalue weighted by Crippen LogP contribution is 2.22. The Morgan fingerprint density at radius 3 is 2.65 bits per heavy atom. The molecular formula is C19H18ClFN2O3. The quantitative estimate of drug-likeness (QED) is 0.841. The Kier molecular flexibility index (Phi) is 5.73. The number of nitrogens with zero attached hydrogens (tertiary/aromatic N) is 1. The third-order valence-electron chi connectivity index (χ3n) is 4.07. The van der Waals surface area contributed by atoms with Gasteiger partial charge in [-0.15, -0.1) is 0 Å². The summed E-state index contributed by atoms with van der Waals surface area (Å²) >= 11 is 5.66. The highest BCUT2D eigenvalue weighted by atomic mass is 35.5. The first-order chi connectivity index (χ1) is 12.5. The van der Waals surface area contributed by atoms with Crippen molar-refractivity contribution >= 4 is 29.1 Å². The molecule has 0 saturated carbocycles. The molecule has 1 aliphatic rings. The fourth-order valence-electron chi connectivity index (χ4n) is 2.68. The SMILES string of the molecule is O=C(COc1ccc(F)c(Cl)c1)NCc1ccc(N2CCCC2=O)cc1. The zero-order valence-electron chi connectivity index (χ0n) is 14.0. The number of benzene rings is 2. The van der Waals surface area contributed by atoms with Crippen LogP contribution in [-0.2, 0) is 16.1 Å². The van der Waals surface area contributed by atoms with E-state index in [1.165, 1.54) is 18.2 Å². The van der Waals surface area contributed by atoms with Crippen LogP contribution in [-0.4, -0.2) is 25.0 Å². The molecule has 2 amide bonds. The van der Waals surface area contributed by atoms with Crippen LogP contribution in [0.3, 0.4) is 0 Å². The van der Waals surface area contributed by atoms with Crippen LogP contribution in [0.15, 0.2) is 42.5 Å². The maximum absolute atomic E-state index is 13.1. The van der Waals surface area contributed by atoms with Gasteiger partial charge in [0.2, 0.25) is 5.91 Å². The third-order valence-corrected chi connectivity index (χ3v) is 4.36. The van der Waals surface area contributed by atoms with Gasteiger partial charge in [0.15, 0.2) is 6.61 Å². The molecule has 1 saturated heterocycles. The summed E-state index contributed by atoms with van der Waals surface area (Å²) in [4.78, 5) is 25.4. The van der Waals surface area contributed by atoms with E-state index in [4.69, 9.17) is 16.3 Å². The highest BCUT2D eigenvalue weighted by Gasteiger charge is 2.21. The van der Waals surface area contributed by atoms with Gasteiger partial charge in [0, 0.05) is 31.3 Å². The van der Waals surface area contributed by atoms with E-state index in [1.807, 2.05) is 24.3 Å². The number of anilines is 1. The molecule has 0 unspecified atom stereocenters. The molecule has 1 aliphatic heterocycles. The Morgan fingerprint density at radius 2 is 2.00 bits per heavy atom. The molecule has 136 valence electrons. The maximum atomic E-state index is 13.1. The molecular weight excluding hydrogens is 359 g/mol. The lowest BCUT2D eigenvalue weighted by Crippen LogP contribution is -2.28. The number of halogens is 2. The Morgan fingerprint density at radius 1 is 1.23 bits per heavy atom. The summed E-state index contributed by atoms with van der Waals surface area (Å²) in [5.74, 6) is -0.373. The van der Waals surface area contributed by atoms with E-state index in [1.54, 1.807) is 4.90 Å². The molecule has 0 aliphatic carbocycles. The number of amides is 2. The van der Waals surface area contributed by atoms with Crippen LogP contribution in [0.4, 0.5) is 10.1 Å². The van der Waals surface area contributed by atoms with Gasteiger partial charge < -0.3 is 15.0 Å². The van der Waals surface area contributed by atoms with Gasteiger partial charge in [0.25, 0.3) is 5.91 Å². The molecule has 7 heteroatoms. The molecule has 0 radical (unpaired) electrons. The van der Waals surface area contributed by atoms with Gasteiger partial charge in [-0.2, -0.15) is 0 Å². The molecule has 0 atom stereocenters. The molecule has 0 bridgehead atoms. The number of ether oxygens (including phenoxy) is 1. The Labute approximate surface area is 155 Å². The Balaban J connectivity index is 1.46. The van der Waals surface area contributed by atoms with E-state index >= 15 is 0 Å². The monoisotopic (exact) mass is 376 g/mol. The van der Waals surface area contributed by atoms with Crippen molar-refractivity contribution in [2.45, 2.75) is 19.4 Å². The zero-order valence-corrected chi connectivity index (χ0v) is 14.8. The third kappa shape index (κ3) is 4.52. The second-order valence-corrected chi connectivity index (χ2v) is 6.36. The van der Waals surface area contributed by atoms with Crippen LogP contribution < -0.4 is 15.0 Å². The van der Waals surface area contributed by atoms with Gasteiger partial charge in [-0.05, 0) is 36.2 Å². The van der Waals surface area contributed by atoms with Crippen molar-refractivity contribution in [2.75, 3.05) is 18.1 Å². The van der Waals surface area contributed by atoms with Crippen LogP contribution in [0.5, 0.6) is 5.75 Å². The number of carbonyl (C=O) groups is 2. The van der Waals surface area contributed by atoms with Crippen LogP contribution in [0.2, 0.25) is 5.02 Å². The number of hydrogen-bond donors (Lipinski definition) is 1. The minimum absolute atomic E-state index is 0.0560. The number of carbonyl (C=O) groups excluding carboxylic acids is 2. The first-order valence-electron chi connectivity index (χ1n) is 8.27. The topological polar surface area (TPSA) is 58.6 Å². The summed E-state index contributed by atoms with van der Waals surface area (Å²) in [5.41, 5.74) is 1.79. The van der Waals surface area contributed by atoms with E-state index in [0.29, 0.717) is 18.7 Å². The predicted molar refractivity (Wildman–Crippen MR) is 96.8 cm³/mol. The van der Waals surface area contributed by atoms with E-state index in [2.05, 4.69) is 5.32 Å². The first-order valence-corrected chi connectivity index (χ1v) is 8.64. The van der Waals surface area contributed by atoms with Gasteiger partial charge in [-0.3, -0.25) is 9.59 Å². The van der Waals surface area contributed by atoms with Crippen molar-refractivity contribution < 1.29 is 18.7 Å². The summed E-state index contributed by atoms with van der Waals surface area (Å²) in [5, 5.41) is 2.69. The molecule has 1 N–H and O–H groups in total. The second-order valence-electron chi connectivity index (χ2n) is 5.96. The molecule has 5 nitrogen and oxygen atoms in total. The maximum Gasteiger partial charge on any atom is 0.258 e. The van der Waals surface area contributed by atoms with E-state index in [9.17, 15) is 14.0 Å². The van der Waals surface area contributed by atoms with Crippen molar-refractivity contribution in [3.63, 3.8) is 0 Å². The molecule has 2 aromatic rings. The number of nitrogens with one attached hydrogen (secondary N) is 1. The summed E-state index contributed by atoms with van der Waals surface area (Å²) in [6.45, 7) is 0.905. The molecule has 1 heterocycles. The fourth-order valence-corrected chi connectivity index (χ4v) is 2.85. The van der Waals surface area contributed by atoms with Gasteiger partial charge in [0.05, 0.1) is 5.02 Å². The summed E-state index contributed by atoms with van der Waals surface area (Å²) in [6, 6.07) is 11.4. The lowest BCUT2D eigenvalue weighted by atomic mass is 10.2. The predicted octanol–water partition coefficient (Wildman–Crippen LogP) is 3.30. The summed E-state index contributed by atoms with van der Waals surface area (Å²) < 4.78 is 18.3. The Bertz CT molecular complexity index is 811. The fraction of sp³-hybridized carbons (Fsp3) is 0.263. The summed E-state index contributed by atoms with van der Waals surface area (Å²) in [7, 11) is 0. The minimum atomic E-state index is -0.539. The lowest BCUT2D eigenvalue weighted by Gasteiger charge is -2.16. The largest absolute Gasteiger partial charge is 0.484 e. The normalized spacial score (nSPS) is 13.8. The average Bonchev–Trinajstić information content (AvgIpc) is 3.07. The van der Waals surface area contributed by atoms with Crippen molar-refractivity contribution in [2.24, 2.45) is 0 Å². The highest BCUT2D eigenvalue weighted by molar-refractivity contribution is 6.30. The van der Waals surface area contributed by atoms with Crippen molar-refractivity contribution in [1.29, 1.82) is 0 Å². The van der Waals surface area contributed by atoms with Crippen LogP contribution >= 0.6 is 11.6 Å². The van der Waals surface area contributed by atoms with Gasteiger partial charge in [0.1, 0.15) is 11.6 Å². The zero-order chi connectivity index (χ0) is 18.5. The smallest absolute Gasteiger partial charge is 0.258 e. The molecule has 26 heavy (non-hydrogen) atoms. The molecule has 1 fully saturated rings. The van der Waals surface area contributed by atoms with Crippen LogP contribution in [0, 0.1) is 5.82 Å². The van der Waals surface area contributed by atoms with E-state index < -0.39 is 5.82 Å². The molecule has 0 spiro atoms. The Hall–Kier alpha value is -2.60. The first kappa shape index (κ1) is 18.2. The standard InChI is InChI=1S/C19H18ClFN2O3/c20-16-10-15(7-8-17(16)21)26-12-18(24)22-11-13-3-5-14(6-4-13)23-9-1-2-19(23)25/h3-8,10H,1-2,9,11-12H2,(H,22,24). The van der Waals surface area contributed by atoms with Crippen LogP contribution in [0.25, 0.3) is 0 Å². The van der Waals surface area contributed by atoms with Gasteiger partial charge >= 0.3 is 0 Å².